The average Bonchev–Trinajstić information content (AvgIpc) is 1.90. The summed E-state index contributed by atoms with van der Waals surface area (Å²) in [5.74, 6) is -2.29. The van der Waals surface area contributed by atoms with E-state index in [1.807, 2.05) is 0 Å². The van der Waals surface area contributed by atoms with Crippen LogP contribution < -0.4 is 0 Å². The average molecular weight is 166 g/mol. The van der Waals surface area contributed by atoms with Crippen LogP contribution in [0.4, 0.5) is 0 Å². The van der Waals surface area contributed by atoms with Gasteiger partial charge in [0, 0.05) is 0 Å². The monoisotopic (exact) mass is 166 g/mol. The van der Waals surface area contributed by atoms with E-state index >= 15 is 0 Å². The van der Waals surface area contributed by atoms with Crippen LogP contribution in [0.25, 0.3) is 0 Å². The van der Waals surface area contributed by atoms with E-state index < -0.39 is 31.0 Å². The molecule has 0 heterocycles. The topological polar surface area (TPSA) is 101 Å². The van der Waals surface area contributed by atoms with Gasteiger partial charge in [-0.3, -0.25) is 0 Å². The summed E-state index contributed by atoms with van der Waals surface area (Å²) in [7, 11) is 0. The Bertz CT molecular complexity index is 104. The molecule has 0 bridgehead atoms. The summed E-state index contributed by atoms with van der Waals surface area (Å²) < 4.78 is 0. The normalized spacial score (nSPS) is 13.6. The van der Waals surface area contributed by atoms with Crippen LogP contribution in [0.2, 0.25) is 0 Å². The summed E-state index contributed by atoms with van der Waals surface area (Å²) in [6.45, 7) is -1.08. The molecule has 5 nitrogen and oxygen atoms in total. The molecule has 0 aliphatic carbocycles. The maximum absolute atomic E-state index is 9.00. The Hall–Kier alpha value is -0.200. The van der Waals surface area contributed by atoms with Crippen molar-refractivity contribution in [3.05, 3.63) is 0 Å². The Morgan fingerprint density at radius 2 is 1.18 bits per heavy atom. The zero-order chi connectivity index (χ0) is 9.12. The number of hydrogen-bond acceptors (Lipinski definition) is 5. The fourth-order valence-electron chi connectivity index (χ4n) is 0.599. The van der Waals surface area contributed by atoms with Gasteiger partial charge in [-0.25, -0.2) is 0 Å². The third-order valence-corrected chi connectivity index (χ3v) is 1.91. The first kappa shape index (κ1) is 10.8. The van der Waals surface area contributed by atoms with Gasteiger partial charge >= 0.3 is 0 Å². The van der Waals surface area contributed by atoms with E-state index in [4.69, 9.17) is 25.5 Å². The highest BCUT2D eigenvalue weighted by atomic mass is 16.5. The fourth-order valence-corrected chi connectivity index (χ4v) is 0.599. The van der Waals surface area contributed by atoms with Gasteiger partial charge in [-0.15, -0.1) is 0 Å². The van der Waals surface area contributed by atoms with E-state index in [9.17, 15) is 0 Å². The molecule has 5 heteroatoms. The summed E-state index contributed by atoms with van der Waals surface area (Å²) >= 11 is 0. The first-order chi connectivity index (χ1) is 4.93. The molecule has 68 valence electrons. The molecule has 0 unspecified atom stereocenters. The van der Waals surface area contributed by atoms with Gasteiger partial charge in [0.05, 0.1) is 25.2 Å². The molecule has 0 radical (unpaired) electrons. The molecule has 0 fully saturated rings. The van der Waals surface area contributed by atoms with E-state index in [1.54, 1.807) is 0 Å². The lowest BCUT2D eigenvalue weighted by Crippen LogP contribution is -2.53. The lowest BCUT2D eigenvalue weighted by molar-refractivity contribution is -0.261. The molecule has 0 saturated carbocycles. The zero-order valence-electron chi connectivity index (χ0n) is 6.36. The van der Waals surface area contributed by atoms with Gasteiger partial charge in [0.15, 0.2) is 5.79 Å². The highest BCUT2D eigenvalue weighted by Crippen LogP contribution is 2.27. The predicted octanol–water partition coefficient (Wildman–Crippen LogP) is -2.35. The van der Waals surface area contributed by atoms with Crippen LogP contribution in [0.15, 0.2) is 0 Å². The van der Waals surface area contributed by atoms with Gasteiger partial charge < -0.3 is 25.5 Å². The first-order valence-corrected chi connectivity index (χ1v) is 3.21. The van der Waals surface area contributed by atoms with Crippen molar-refractivity contribution in [2.45, 2.75) is 12.7 Å². The highest BCUT2D eigenvalue weighted by Gasteiger charge is 2.45. The summed E-state index contributed by atoms with van der Waals surface area (Å²) in [5, 5.41) is 44.0. The van der Waals surface area contributed by atoms with Gasteiger partial charge in [0.25, 0.3) is 0 Å². The molecule has 11 heavy (non-hydrogen) atoms. The molecule has 0 rings (SSSR count). The molecule has 0 saturated heterocycles. The predicted molar refractivity (Wildman–Crippen MR) is 36.5 cm³/mol. The van der Waals surface area contributed by atoms with Crippen LogP contribution in [0.3, 0.4) is 0 Å². The van der Waals surface area contributed by atoms with Crippen LogP contribution in [-0.2, 0) is 0 Å². The third-order valence-electron chi connectivity index (χ3n) is 1.91. The van der Waals surface area contributed by atoms with Crippen molar-refractivity contribution < 1.29 is 25.5 Å². The second-order valence-corrected chi connectivity index (χ2v) is 2.78. The van der Waals surface area contributed by atoms with Gasteiger partial charge in [-0.1, -0.05) is 0 Å². The fraction of sp³-hybridized carbons (Fsp3) is 1.00. The van der Waals surface area contributed by atoms with E-state index in [1.165, 1.54) is 0 Å². The van der Waals surface area contributed by atoms with Crippen molar-refractivity contribution in [1.29, 1.82) is 0 Å². The van der Waals surface area contributed by atoms with Gasteiger partial charge in [-0.05, 0) is 6.92 Å². The summed E-state index contributed by atoms with van der Waals surface area (Å²) in [6.07, 6.45) is 0. The number of aliphatic hydroxyl groups excluding tert-OH is 3. The quantitative estimate of drug-likeness (QED) is 0.301. The Labute approximate surface area is 64.5 Å². The van der Waals surface area contributed by atoms with Crippen LogP contribution in [0.5, 0.6) is 0 Å². The molecule has 0 spiro atoms. The molecule has 0 aromatic carbocycles. The Kier molecular flexibility index (Phi) is 3.40. The van der Waals surface area contributed by atoms with Crippen molar-refractivity contribution >= 4 is 0 Å². The SMILES string of the molecule is CC(O)(O)C(CO)(CO)CO. The molecule has 0 aliphatic rings. The Balaban J connectivity index is 4.54. The molecule has 0 aromatic rings. The van der Waals surface area contributed by atoms with E-state index in [0.29, 0.717) is 0 Å². The molecule has 0 aliphatic heterocycles. The lowest BCUT2D eigenvalue weighted by Gasteiger charge is -2.37. The second-order valence-electron chi connectivity index (χ2n) is 2.78. The van der Waals surface area contributed by atoms with Gasteiger partial charge in [0.1, 0.15) is 0 Å². The molecule has 0 aromatic heterocycles. The number of rotatable bonds is 4. The van der Waals surface area contributed by atoms with Crippen LogP contribution in [0, 0.1) is 5.41 Å². The van der Waals surface area contributed by atoms with Crippen molar-refractivity contribution in [3.8, 4) is 0 Å². The van der Waals surface area contributed by atoms with Gasteiger partial charge in [-0.2, -0.15) is 0 Å². The van der Waals surface area contributed by atoms with Crippen molar-refractivity contribution in [2.24, 2.45) is 5.41 Å². The lowest BCUT2D eigenvalue weighted by atomic mass is 9.82. The Morgan fingerprint density at radius 1 is 0.909 bits per heavy atom. The summed E-state index contributed by atoms with van der Waals surface area (Å²) in [6, 6.07) is 0. The Morgan fingerprint density at radius 3 is 1.18 bits per heavy atom. The number of hydrogen-bond donors (Lipinski definition) is 5. The minimum absolute atomic E-state index is 0.691. The third kappa shape index (κ3) is 1.88. The maximum atomic E-state index is 9.00. The first-order valence-electron chi connectivity index (χ1n) is 3.21. The standard InChI is InChI=1S/C6H14O5/c1-5(10,11)6(2-7,3-8)4-9/h7-11H,2-4H2,1H3. The molecular formula is C6H14O5. The summed E-state index contributed by atoms with van der Waals surface area (Å²) in [4.78, 5) is 0. The minimum atomic E-state index is -2.29. The van der Waals surface area contributed by atoms with E-state index in [-0.39, 0.29) is 0 Å². The molecule has 0 amide bonds. The molecular weight excluding hydrogens is 152 g/mol. The second kappa shape index (κ2) is 3.46. The minimum Gasteiger partial charge on any atom is -0.395 e. The summed E-state index contributed by atoms with van der Waals surface area (Å²) in [5.41, 5.74) is -1.66. The van der Waals surface area contributed by atoms with Gasteiger partial charge in [0.2, 0.25) is 0 Å². The van der Waals surface area contributed by atoms with Crippen LogP contribution in [-0.4, -0.2) is 51.1 Å². The van der Waals surface area contributed by atoms with Crippen LogP contribution in [0.1, 0.15) is 6.92 Å². The zero-order valence-corrected chi connectivity index (χ0v) is 6.36. The van der Waals surface area contributed by atoms with E-state index in [2.05, 4.69) is 0 Å². The largest absolute Gasteiger partial charge is 0.395 e. The van der Waals surface area contributed by atoms with Crippen molar-refractivity contribution in [3.63, 3.8) is 0 Å². The number of aliphatic hydroxyl groups is 5. The van der Waals surface area contributed by atoms with Crippen molar-refractivity contribution in [2.75, 3.05) is 19.8 Å². The van der Waals surface area contributed by atoms with Crippen molar-refractivity contribution in [1.82, 2.24) is 0 Å². The smallest absolute Gasteiger partial charge is 0.172 e. The molecule has 0 atom stereocenters. The maximum Gasteiger partial charge on any atom is 0.172 e. The highest BCUT2D eigenvalue weighted by molar-refractivity contribution is 4.87. The van der Waals surface area contributed by atoms with E-state index in [0.717, 1.165) is 6.92 Å². The van der Waals surface area contributed by atoms with Crippen LogP contribution >= 0.6 is 0 Å². The molecule has 5 N–H and O–H groups in total.